The van der Waals surface area contributed by atoms with E-state index in [1.165, 1.54) is 0 Å². The molecule has 0 atom stereocenters. The molecule has 0 radical (unpaired) electrons. The van der Waals surface area contributed by atoms with Crippen LogP contribution in [0.1, 0.15) is 29.9 Å². The highest BCUT2D eigenvalue weighted by Gasteiger charge is 2.07. The van der Waals surface area contributed by atoms with Crippen molar-refractivity contribution >= 4 is 17.4 Å². The summed E-state index contributed by atoms with van der Waals surface area (Å²) in [4.78, 5) is 20.7. The van der Waals surface area contributed by atoms with Gasteiger partial charge in [0.05, 0.1) is 23.9 Å². The standard InChI is InChI=1S/C21H22N4O2/c1-15(2)27-19-9-7-17(8-10-19)25-20-11-6-16(13-23-20)21(26)24-14-18-5-3-4-12-22-18/h3-13,15H,14H2,1-2H3,(H,23,25)(H,24,26). The lowest BCUT2D eigenvalue weighted by Gasteiger charge is -2.11. The SMILES string of the molecule is CC(C)Oc1ccc(Nc2ccc(C(=O)NCc3ccccn3)cn2)cc1. The molecule has 0 aliphatic carbocycles. The molecule has 0 fully saturated rings. The topological polar surface area (TPSA) is 76.1 Å². The van der Waals surface area contributed by atoms with Gasteiger partial charge in [-0.3, -0.25) is 9.78 Å². The lowest BCUT2D eigenvalue weighted by atomic mass is 10.2. The minimum Gasteiger partial charge on any atom is -0.491 e. The smallest absolute Gasteiger partial charge is 0.253 e. The maximum atomic E-state index is 12.2. The molecule has 138 valence electrons. The number of carbonyl (C=O) groups excluding carboxylic acids is 1. The lowest BCUT2D eigenvalue weighted by Crippen LogP contribution is -2.23. The first-order valence-electron chi connectivity index (χ1n) is 8.78. The van der Waals surface area contributed by atoms with Gasteiger partial charge in [-0.1, -0.05) is 6.07 Å². The molecule has 1 amide bonds. The van der Waals surface area contributed by atoms with Crippen molar-refractivity contribution in [3.63, 3.8) is 0 Å². The van der Waals surface area contributed by atoms with Crippen LogP contribution in [-0.2, 0) is 6.54 Å². The van der Waals surface area contributed by atoms with Crippen molar-refractivity contribution in [2.45, 2.75) is 26.5 Å². The van der Waals surface area contributed by atoms with E-state index < -0.39 is 0 Å². The van der Waals surface area contributed by atoms with Crippen molar-refractivity contribution in [3.8, 4) is 5.75 Å². The molecule has 6 nitrogen and oxygen atoms in total. The van der Waals surface area contributed by atoms with Crippen LogP contribution < -0.4 is 15.4 Å². The highest BCUT2D eigenvalue weighted by atomic mass is 16.5. The van der Waals surface area contributed by atoms with Crippen molar-refractivity contribution in [2.24, 2.45) is 0 Å². The van der Waals surface area contributed by atoms with Gasteiger partial charge < -0.3 is 15.4 Å². The highest BCUT2D eigenvalue weighted by molar-refractivity contribution is 5.94. The summed E-state index contributed by atoms with van der Waals surface area (Å²) >= 11 is 0. The third kappa shape index (κ3) is 5.54. The van der Waals surface area contributed by atoms with Gasteiger partial charge >= 0.3 is 0 Å². The maximum absolute atomic E-state index is 12.2. The number of aromatic nitrogens is 2. The maximum Gasteiger partial charge on any atom is 0.253 e. The number of hydrogen-bond donors (Lipinski definition) is 2. The molecule has 0 aliphatic rings. The molecule has 0 saturated carbocycles. The number of hydrogen-bond acceptors (Lipinski definition) is 5. The molecule has 3 aromatic rings. The number of anilines is 2. The van der Waals surface area contributed by atoms with Gasteiger partial charge in [0, 0.05) is 18.1 Å². The van der Waals surface area contributed by atoms with Crippen molar-refractivity contribution in [3.05, 3.63) is 78.2 Å². The molecular formula is C21H22N4O2. The predicted octanol–water partition coefficient (Wildman–Crippen LogP) is 3.94. The highest BCUT2D eigenvalue weighted by Crippen LogP contribution is 2.20. The summed E-state index contributed by atoms with van der Waals surface area (Å²) in [6.07, 6.45) is 3.39. The van der Waals surface area contributed by atoms with Gasteiger partial charge in [-0.25, -0.2) is 4.98 Å². The van der Waals surface area contributed by atoms with Crippen LogP contribution in [0.2, 0.25) is 0 Å². The van der Waals surface area contributed by atoms with Crippen LogP contribution in [0.25, 0.3) is 0 Å². The first-order chi connectivity index (χ1) is 13.1. The van der Waals surface area contributed by atoms with E-state index in [9.17, 15) is 4.79 Å². The van der Waals surface area contributed by atoms with E-state index in [1.807, 2.05) is 56.3 Å². The summed E-state index contributed by atoms with van der Waals surface area (Å²) in [7, 11) is 0. The fraction of sp³-hybridized carbons (Fsp3) is 0.190. The number of rotatable bonds is 7. The molecule has 2 N–H and O–H groups in total. The van der Waals surface area contributed by atoms with Crippen LogP contribution in [0.15, 0.2) is 67.0 Å². The number of nitrogens with zero attached hydrogens (tertiary/aromatic N) is 2. The molecule has 0 bridgehead atoms. The number of pyridine rings is 2. The van der Waals surface area contributed by atoms with Crippen molar-refractivity contribution in [1.82, 2.24) is 15.3 Å². The third-order valence-electron chi connectivity index (χ3n) is 3.68. The second-order valence-electron chi connectivity index (χ2n) is 6.25. The van der Waals surface area contributed by atoms with Crippen LogP contribution in [0.3, 0.4) is 0 Å². The Morgan fingerprint density at radius 2 is 1.85 bits per heavy atom. The Labute approximate surface area is 158 Å². The Hall–Kier alpha value is -3.41. The van der Waals surface area contributed by atoms with Crippen LogP contribution in [0.5, 0.6) is 5.75 Å². The summed E-state index contributed by atoms with van der Waals surface area (Å²) in [5.41, 5.74) is 2.20. The average Bonchev–Trinajstić information content (AvgIpc) is 2.69. The number of amides is 1. The zero-order valence-electron chi connectivity index (χ0n) is 15.3. The van der Waals surface area contributed by atoms with Gasteiger partial charge in [0.25, 0.3) is 5.91 Å². The van der Waals surface area contributed by atoms with E-state index in [2.05, 4.69) is 20.6 Å². The van der Waals surface area contributed by atoms with E-state index in [0.717, 1.165) is 17.1 Å². The van der Waals surface area contributed by atoms with E-state index in [-0.39, 0.29) is 12.0 Å². The average molecular weight is 362 g/mol. The Kier molecular flexibility index (Phi) is 5.99. The summed E-state index contributed by atoms with van der Waals surface area (Å²) in [6.45, 7) is 4.36. The Balaban J connectivity index is 1.55. The third-order valence-corrected chi connectivity index (χ3v) is 3.68. The van der Waals surface area contributed by atoms with Crippen molar-refractivity contribution in [1.29, 1.82) is 0 Å². The van der Waals surface area contributed by atoms with Crippen molar-refractivity contribution in [2.75, 3.05) is 5.32 Å². The Morgan fingerprint density at radius 1 is 1.04 bits per heavy atom. The monoisotopic (exact) mass is 362 g/mol. The van der Waals surface area contributed by atoms with E-state index in [4.69, 9.17) is 4.74 Å². The number of carbonyl (C=O) groups is 1. The number of benzene rings is 1. The van der Waals surface area contributed by atoms with Gasteiger partial charge in [0.15, 0.2) is 0 Å². The first kappa shape index (κ1) is 18.4. The number of ether oxygens (including phenoxy) is 1. The predicted molar refractivity (Wildman–Crippen MR) is 105 cm³/mol. The molecular weight excluding hydrogens is 340 g/mol. The molecule has 2 aromatic heterocycles. The molecule has 0 spiro atoms. The lowest BCUT2D eigenvalue weighted by molar-refractivity contribution is 0.0950. The molecule has 0 aliphatic heterocycles. The second-order valence-corrected chi connectivity index (χ2v) is 6.25. The van der Waals surface area contributed by atoms with Crippen LogP contribution in [0.4, 0.5) is 11.5 Å². The Bertz CT molecular complexity index is 863. The van der Waals surface area contributed by atoms with Crippen LogP contribution in [0, 0.1) is 0 Å². The first-order valence-corrected chi connectivity index (χ1v) is 8.78. The van der Waals surface area contributed by atoms with Crippen LogP contribution in [-0.4, -0.2) is 22.0 Å². The second kappa shape index (κ2) is 8.80. The summed E-state index contributed by atoms with van der Waals surface area (Å²) in [5.74, 6) is 1.30. The van der Waals surface area contributed by atoms with Crippen molar-refractivity contribution < 1.29 is 9.53 Å². The van der Waals surface area contributed by atoms with Gasteiger partial charge in [0.2, 0.25) is 0 Å². The van der Waals surface area contributed by atoms with Gasteiger partial charge in [-0.15, -0.1) is 0 Å². The fourth-order valence-corrected chi connectivity index (χ4v) is 2.41. The Morgan fingerprint density at radius 3 is 2.48 bits per heavy atom. The van der Waals surface area contributed by atoms with E-state index in [1.54, 1.807) is 24.5 Å². The zero-order valence-corrected chi connectivity index (χ0v) is 15.3. The largest absolute Gasteiger partial charge is 0.491 e. The quantitative estimate of drug-likeness (QED) is 0.666. The summed E-state index contributed by atoms with van der Waals surface area (Å²) in [6, 6.07) is 16.8. The van der Waals surface area contributed by atoms with Crippen LogP contribution >= 0.6 is 0 Å². The molecule has 3 rings (SSSR count). The molecule has 27 heavy (non-hydrogen) atoms. The normalized spacial score (nSPS) is 10.5. The molecule has 0 saturated heterocycles. The number of nitrogens with one attached hydrogen (secondary N) is 2. The molecule has 2 heterocycles. The molecule has 0 unspecified atom stereocenters. The minimum atomic E-state index is -0.185. The summed E-state index contributed by atoms with van der Waals surface area (Å²) in [5, 5.41) is 6.03. The van der Waals surface area contributed by atoms with E-state index in [0.29, 0.717) is 17.9 Å². The minimum absolute atomic E-state index is 0.141. The molecule has 6 heteroatoms. The molecule has 1 aromatic carbocycles. The van der Waals surface area contributed by atoms with Gasteiger partial charge in [0.1, 0.15) is 11.6 Å². The zero-order chi connectivity index (χ0) is 19.1. The van der Waals surface area contributed by atoms with Gasteiger partial charge in [-0.2, -0.15) is 0 Å². The summed E-state index contributed by atoms with van der Waals surface area (Å²) < 4.78 is 5.62. The van der Waals surface area contributed by atoms with E-state index >= 15 is 0 Å². The van der Waals surface area contributed by atoms with Gasteiger partial charge in [-0.05, 0) is 62.4 Å². The fourth-order valence-electron chi connectivity index (χ4n) is 2.41.